The first-order chi connectivity index (χ1) is 12.7. The number of hydrogen-bond donors (Lipinski definition) is 2. The lowest BCUT2D eigenvalue weighted by Gasteiger charge is -2.36. The number of ether oxygens (including phenoxy) is 3. The summed E-state index contributed by atoms with van der Waals surface area (Å²) in [5, 5.41) is 6.77. The van der Waals surface area contributed by atoms with Gasteiger partial charge < -0.3 is 24.8 Å². The number of nitrogens with one attached hydrogen (secondary N) is 2. The van der Waals surface area contributed by atoms with Crippen LogP contribution in [0.3, 0.4) is 0 Å². The summed E-state index contributed by atoms with van der Waals surface area (Å²) in [5.41, 5.74) is 0. The van der Waals surface area contributed by atoms with Gasteiger partial charge in [-0.25, -0.2) is 0 Å². The van der Waals surface area contributed by atoms with E-state index in [-0.39, 0.29) is 30.1 Å². The summed E-state index contributed by atoms with van der Waals surface area (Å²) >= 11 is 0. The maximum Gasteiger partial charge on any atom is 0.191 e. The van der Waals surface area contributed by atoms with Gasteiger partial charge in [0.1, 0.15) is 0 Å². The van der Waals surface area contributed by atoms with Crippen LogP contribution in [0.5, 0.6) is 0 Å². The van der Waals surface area contributed by atoms with Crippen LogP contribution >= 0.6 is 24.0 Å². The molecule has 2 rings (SSSR count). The average Bonchev–Trinajstić information content (AvgIpc) is 3.15. The molecule has 0 radical (unpaired) electrons. The first-order valence-corrected chi connectivity index (χ1v) is 10.2. The summed E-state index contributed by atoms with van der Waals surface area (Å²) in [6.07, 6.45) is 2.28. The van der Waals surface area contributed by atoms with Crippen molar-refractivity contribution >= 4 is 29.9 Å². The van der Waals surface area contributed by atoms with E-state index in [0.29, 0.717) is 12.0 Å². The Bertz CT molecular complexity index is 400. The van der Waals surface area contributed by atoms with Gasteiger partial charge in [0.25, 0.3) is 0 Å². The molecule has 2 heterocycles. The number of guanidine groups is 1. The molecule has 0 aromatic heterocycles. The highest BCUT2D eigenvalue weighted by Crippen LogP contribution is 2.13. The molecule has 2 atom stereocenters. The van der Waals surface area contributed by atoms with Gasteiger partial charge in [-0.15, -0.1) is 24.0 Å². The number of rotatable bonds is 10. The second kappa shape index (κ2) is 14.8. The smallest absolute Gasteiger partial charge is 0.191 e. The van der Waals surface area contributed by atoms with Crippen LogP contribution in [0.2, 0.25) is 0 Å². The molecule has 0 saturated carbocycles. The first kappa shape index (κ1) is 24.9. The zero-order valence-electron chi connectivity index (χ0n) is 17.2. The third-order valence-corrected chi connectivity index (χ3v) is 4.92. The van der Waals surface area contributed by atoms with Crippen molar-refractivity contribution in [3.63, 3.8) is 0 Å². The van der Waals surface area contributed by atoms with Crippen LogP contribution in [0.1, 0.15) is 33.6 Å². The van der Waals surface area contributed by atoms with E-state index in [2.05, 4.69) is 36.3 Å². The van der Waals surface area contributed by atoms with E-state index in [9.17, 15) is 0 Å². The minimum absolute atomic E-state index is 0. The summed E-state index contributed by atoms with van der Waals surface area (Å²) in [5.74, 6) is 1.47. The van der Waals surface area contributed by atoms with Gasteiger partial charge in [-0.2, -0.15) is 0 Å². The summed E-state index contributed by atoms with van der Waals surface area (Å²) in [4.78, 5) is 7.35. The van der Waals surface area contributed by atoms with Crippen molar-refractivity contribution in [1.82, 2.24) is 15.5 Å². The summed E-state index contributed by atoms with van der Waals surface area (Å²) in [6, 6.07) is 0.458. The molecular formula is C19H39IN4O3. The quantitative estimate of drug-likeness (QED) is 0.207. The van der Waals surface area contributed by atoms with Crippen LogP contribution in [0.4, 0.5) is 0 Å². The Labute approximate surface area is 182 Å². The Kier molecular flexibility index (Phi) is 13.6. The molecule has 160 valence electrons. The molecule has 0 aromatic rings. The molecule has 27 heavy (non-hydrogen) atoms. The fourth-order valence-electron chi connectivity index (χ4n) is 3.36. The first-order valence-electron chi connectivity index (χ1n) is 10.2. The minimum atomic E-state index is 0. The van der Waals surface area contributed by atoms with E-state index in [0.717, 1.165) is 84.6 Å². The van der Waals surface area contributed by atoms with Crippen LogP contribution in [0.15, 0.2) is 4.99 Å². The Balaban J connectivity index is 0.00000364. The second-order valence-electron chi connectivity index (χ2n) is 7.32. The van der Waals surface area contributed by atoms with Crippen molar-refractivity contribution in [2.24, 2.45) is 10.9 Å². The summed E-state index contributed by atoms with van der Waals surface area (Å²) in [6.45, 7) is 15.2. The van der Waals surface area contributed by atoms with E-state index in [1.807, 2.05) is 0 Å². The number of nitrogens with zero attached hydrogens (tertiary/aromatic N) is 2. The lowest BCUT2D eigenvalue weighted by Crippen LogP contribution is -2.48. The monoisotopic (exact) mass is 498 g/mol. The Hall–Kier alpha value is -0.160. The number of aliphatic imine (C=N–C) groups is 1. The van der Waals surface area contributed by atoms with Gasteiger partial charge in [0.15, 0.2) is 5.96 Å². The van der Waals surface area contributed by atoms with Crippen molar-refractivity contribution in [1.29, 1.82) is 0 Å². The third-order valence-electron chi connectivity index (χ3n) is 4.92. The van der Waals surface area contributed by atoms with Gasteiger partial charge in [-0.3, -0.25) is 9.89 Å². The summed E-state index contributed by atoms with van der Waals surface area (Å²) < 4.78 is 16.6. The molecular weight excluding hydrogens is 459 g/mol. The van der Waals surface area contributed by atoms with Gasteiger partial charge in [-0.05, 0) is 25.7 Å². The van der Waals surface area contributed by atoms with Gasteiger partial charge in [-0.1, -0.05) is 13.8 Å². The zero-order chi connectivity index (χ0) is 18.6. The third kappa shape index (κ3) is 9.74. The Morgan fingerprint density at radius 2 is 1.96 bits per heavy atom. The Morgan fingerprint density at radius 1 is 1.19 bits per heavy atom. The maximum atomic E-state index is 5.81. The van der Waals surface area contributed by atoms with Gasteiger partial charge in [0, 0.05) is 45.4 Å². The molecule has 2 unspecified atom stereocenters. The van der Waals surface area contributed by atoms with Crippen LogP contribution in [-0.2, 0) is 14.2 Å². The van der Waals surface area contributed by atoms with Crippen LogP contribution in [-0.4, -0.2) is 88.8 Å². The normalized spacial score (nSPS) is 22.5. The molecule has 0 bridgehead atoms. The number of morpholine rings is 1. The standard InChI is InChI=1S/C19H38N4O3.HI/c1-4-20-19(21-7-5-10-26-17-6-11-25-15-17)22-14-18(16(2)3)23-8-12-24-13-9-23;/h16-18H,4-15H2,1-3H3,(H2,20,21,22);1H. The highest BCUT2D eigenvalue weighted by atomic mass is 127. The van der Waals surface area contributed by atoms with Gasteiger partial charge in [0.2, 0.25) is 0 Å². The molecule has 0 amide bonds. The lowest BCUT2D eigenvalue weighted by atomic mass is 10.0. The molecule has 7 nitrogen and oxygen atoms in total. The van der Waals surface area contributed by atoms with E-state index in [4.69, 9.17) is 19.2 Å². The van der Waals surface area contributed by atoms with Crippen molar-refractivity contribution < 1.29 is 14.2 Å². The van der Waals surface area contributed by atoms with E-state index in [1.165, 1.54) is 0 Å². The van der Waals surface area contributed by atoms with Crippen molar-refractivity contribution in [2.45, 2.75) is 45.8 Å². The topological polar surface area (TPSA) is 67.4 Å². The summed E-state index contributed by atoms with van der Waals surface area (Å²) in [7, 11) is 0. The van der Waals surface area contributed by atoms with Crippen molar-refractivity contribution in [3.8, 4) is 0 Å². The molecule has 2 aliphatic rings. The lowest BCUT2D eigenvalue weighted by molar-refractivity contribution is 0.00867. The van der Waals surface area contributed by atoms with E-state index < -0.39 is 0 Å². The molecule has 2 saturated heterocycles. The Morgan fingerprint density at radius 3 is 2.59 bits per heavy atom. The molecule has 0 spiro atoms. The number of halogens is 1. The number of hydrogen-bond acceptors (Lipinski definition) is 5. The molecule has 8 heteroatoms. The predicted molar refractivity (Wildman–Crippen MR) is 120 cm³/mol. The average molecular weight is 498 g/mol. The minimum Gasteiger partial charge on any atom is -0.379 e. The fraction of sp³-hybridized carbons (Fsp3) is 0.947. The molecule has 2 aliphatic heterocycles. The largest absolute Gasteiger partial charge is 0.379 e. The van der Waals surface area contributed by atoms with E-state index in [1.54, 1.807) is 0 Å². The van der Waals surface area contributed by atoms with Crippen LogP contribution in [0.25, 0.3) is 0 Å². The van der Waals surface area contributed by atoms with E-state index >= 15 is 0 Å². The SMILES string of the molecule is CCNC(=NCC(C(C)C)N1CCOCC1)NCCCOC1CCOC1.I. The fourth-order valence-corrected chi connectivity index (χ4v) is 3.36. The van der Waals surface area contributed by atoms with Crippen LogP contribution < -0.4 is 10.6 Å². The zero-order valence-corrected chi connectivity index (χ0v) is 19.6. The van der Waals surface area contributed by atoms with Crippen molar-refractivity contribution in [2.75, 3.05) is 65.8 Å². The second-order valence-corrected chi connectivity index (χ2v) is 7.32. The molecule has 0 aromatic carbocycles. The highest BCUT2D eigenvalue weighted by Gasteiger charge is 2.23. The molecule has 0 aliphatic carbocycles. The molecule has 2 N–H and O–H groups in total. The predicted octanol–water partition coefficient (Wildman–Crippen LogP) is 1.71. The highest BCUT2D eigenvalue weighted by molar-refractivity contribution is 14.0. The molecule has 2 fully saturated rings. The van der Waals surface area contributed by atoms with Gasteiger partial charge in [0.05, 0.1) is 32.5 Å². The van der Waals surface area contributed by atoms with Crippen molar-refractivity contribution in [3.05, 3.63) is 0 Å². The van der Waals surface area contributed by atoms with Gasteiger partial charge >= 0.3 is 0 Å². The maximum absolute atomic E-state index is 5.81. The van der Waals surface area contributed by atoms with Crippen LogP contribution in [0, 0.1) is 5.92 Å².